The minimum atomic E-state index is -0.387. The third-order valence-electron chi connectivity index (χ3n) is 3.97. The number of nitrogens with one attached hydrogen (secondary N) is 1. The van der Waals surface area contributed by atoms with E-state index in [1.165, 1.54) is 11.3 Å². The third-order valence-corrected chi connectivity index (χ3v) is 6.02. The number of fused-ring (bicyclic) bond motifs is 2. The van der Waals surface area contributed by atoms with Crippen LogP contribution >= 0.6 is 22.7 Å². The van der Waals surface area contributed by atoms with Crippen LogP contribution in [0, 0.1) is 11.3 Å². The number of hydrogen-bond donors (Lipinski definition) is 3. The Morgan fingerprint density at radius 1 is 1.29 bits per heavy atom. The second-order valence-corrected chi connectivity index (χ2v) is 7.80. The van der Waals surface area contributed by atoms with Gasteiger partial charge in [-0.15, -0.1) is 11.3 Å². The molecule has 0 fully saturated rings. The first-order valence-corrected chi connectivity index (χ1v) is 9.86. The Bertz CT molecular complexity index is 1270. The summed E-state index contributed by atoms with van der Waals surface area (Å²) < 4.78 is 6.39. The molecular formula is C18H14N6O2S2. The minimum Gasteiger partial charge on any atom is -0.494 e. The molecule has 0 atom stereocenters. The molecule has 0 aliphatic carbocycles. The van der Waals surface area contributed by atoms with Gasteiger partial charge in [-0.3, -0.25) is 10.1 Å². The van der Waals surface area contributed by atoms with Gasteiger partial charge in [0.05, 0.1) is 28.1 Å². The molecule has 0 unspecified atom stereocenters. The molecule has 0 bridgehead atoms. The van der Waals surface area contributed by atoms with Gasteiger partial charge >= 0.3 is 0 Å². The molecule has 8 nitrogen and oxygen atoms in total. The Labute approximate surface area is 167 Å². The number of aromatic nitrogens is 2. The van der Waals surface area contributed by atoms with Gasteiger partial charge in [-0.2, -0.15) is 5.26 Å². The summed E-state index contributed by atoms with van der Waals surface area (Å²) in [5, 5.41) is 12.9. The molecular weight excluding hydrogens is 396 g/mol. The number of carbonyl (C=O) groups excluding carboxylic acids is 1. The van der Waals surface area contributed by atoms with E-state index in [0.717, 1.165) is 27.3 Å². The van der Waals surface area contributed by atoms with Gasteiger partial charge in [-0.1, -0.05) is 11.3 Å². The van der Waals surface area contributed by atoms with Crippen LogP contribution < -0.4 is 21.5 Å². The van der Waals surface area contributed by atoms with Crippen LogP contribution in [0.1, 0.15) is 22.2 Å². The van der Waals surface area contributed by atoms with Crippen molar-refractivity contribution in [3.8, 4) is 11.8 Å². The fourth-order valence-corrected chi connectivity index (χ4v) is 4.55. The zero-order valence-corrected chi connectivity index (χ0v) is 16.3. The molecule has 28 heavy (non-hydrogen) atoms. The van der Waals surface area contributed by atoms with Crippen LogP contribution in [0.4, 0.5) is 16.6 Å². The van der Waals surface area contributed by atoms with Crippen LogP contribution in [0.3, 0.4) is 0 Å². The quantitative estimate of drug-likeness (QED) is 0.467. The van der Waals surface area contributed by atoms with Crippen LogP contribution in [-0.4, -0.2) is 22.5 Å². The van der Waals surface area contributed by atoms with Crippen molar-refractivity contribution in [1.29, 1.82) is 5.26 Å². The normalized spacial score (nSPS) is 10.9. The number of ether oxygens (including phenoxy) is 1. The summed E-state index contributed by atoms with van der Waals surface area (Å²) in [6, 6.07) is 9.08. The number of hydrogen-bond acceptors (Lipinski definition) is 9. The second-order valence-electron chi connectivity index (χ2n) is 5.77. The van der Waals surface area contributed by atoms with Crippen LogP contribution in [-0.2, 0) is 0 Å². The van der Waals surface area contributed by atoms with Gasteiger partial charge in [-0.05, 0) is 31.2 Å². The number of nitriles is 1. The topological polar surface area (TPSA) is 140 Å². The predicted octanol–water partition coefficient (Wildman–Crippen LogP) is 3.59. The number of carbonyl (C=O) groups is 1. The summed E-state index contributed by atoms with van der Waals surface area (Å²) in [5.74, 6) is 0.475. The van der Waals surface area contributed by atoms with Crippen molar-refractivity contribution in [2.24, 2.45) is 0 Å². The molecule has 5 N–H and O–H groups in total. The fraction of sp³-hybridized carbons (Fsp3) is 0.111. The van der Waals surface area contributed by atoms with Gasteiger partial charge in [0.2, 0.25) is 0 Å². The highest BCUT2D eigenvalue weighted by molar-refractivity contribution is 7.23. The average molecular weight is 410 g/mol. The maximum absolute atomic E-state index is 12.7. The highest BCUT2D eigenvalue weighted by Crippen LogP contribution is 2.35. The molecule has 3 aromatic heterocycles. The second kappa shape index (κ2) is 6.95. The van der Waals surface area contributed by atoms with E-state index < -0.39 is 0 Å². The molecule has 10 heteroatoms. The first-order chi connectivity index (χ1) is 13.5. The average Bonchev–Trinajstić information content (AvgIpc) is 3.21. The molecule has 0 radical (unpaired) electrons. The molecule has 0 aliphatic rings. The lowest BCUT2D eigenvalue weighted by Crippen LogP contribution is -2.11. The molecule has 0 spiro atoms. The molecule has 1 amide bonds. The van der Waals surface area contributed by atoms with Crippen LogP contribution in [0.25, 0.3) is 20.4 Å². The van der Waals surface area contributed by atoms with E-state index in [2.05, 4.69) is 15.3 Å². The van der Waals surface area contributed by atoms with Crippen molar-refractivity contribution in [3.63, 3.8) is 0 Å². The first kappa shape index (κ1) is 18.0. The minimum absolute atomic E-state index is 0.111. The van der Waals surface area contributed by atoms with Crippen LogP contribution in [0.5, 0.6) is 5.75 Å². The zero-order chi connectivity index (χ0) is 19.8. The predicted molar refractivity (Wildman–Crippen MR) is 112 cm³/mol. The summed E-state index contributed by atoms with van der Waals surface area (Å²) in [7, 11) is 0. The Hall–Kier alpha value is -3.42. The van der Waals surface area contributed by atoms with E-state index in [1.807, 2.05) is 31.2 Å². The van der Waals surface area contributed by atoms with E-state index in [-0.39, 0.29) is 23.0 Å². The highest BCUT2D eigenvalue weighted by atomic mass is 32.1. The number of benzene rings is 1. The van der Waals surface area contributed by atoms with Gasteiger partial charge in [-0.25, -0.2) is 9.97 Å². The molecule has 0 saturated carbocycles. The highest BCUT2D eigenvalue weighted by Gasteiger charge is 2.20. The van der Waals surface area contributed by atoms with E-state index >= 15 is 0 Å². The summed E-state index contributed by atoms with van der Waals surface area (Å²) in [6.45, 7) is 2.49. The van der Waals surface area contributed by atoms with Gasteiger partial charge in [0.15, 0.2) is 5.13 Å². The first-order valence-electron chi connectivity index (χ1n) is 8.23. The number of thiophene rings is 1. The molecule has 3 heterocycles. The Balaban J connectivity index is 1.66. The number of pyridine rings is 1. The summed E-state index contributed by atoms with van der Waals surface area (Å²) in [6.07, 6.45) is 0. The number of nitrogens with two attached hydrogens (primary N) is 2. The van der Waals surface area contributed by atoms with Crippen molar-refractivity contribution in [2.45, 2.75) is 6.92 Å². The largest absolute Gasteiger partial charge is 0.494 e. The van der Waals surface area contributed by atoms with E-state index in [4.69, 9.17) is 21.5 Å². The lowest BCUT2D eigenvalue weighted by Gasteiger charge is -2.00. The molecule has 1 aromatic carbocycles. The number of anilines is 3. The van der Waals surface area contributed by atoms with Crippen molar-refractivity contribution < 1.29 is 9.53 Å². The summed E-state index contributed by atoms with van der Waals surface area (Å²) >= 11 is 2.46. The number of amides is 1. The summed E-state index contributed by atoms with van der Waals surface area (Å²) in [4.78, 5) is 22.1. The van der Waals surface area contributed by atoms with Gasteiger partial charge < -0.3 is 16.2 Å². The van der Waals surface area contributed by atoms with E-state index in [1.54, 1.807) is 6.07 Å². The van der Waals surface area contributed by atoms with E-state index in [0.29, 0.717) is 26.8 Å². The molecule has 4 aromatic rings. The molecule has 0 aliphatic heterocycles. The summed E-state index contributed by atoms with van der Waals surface area (Å²) in [5.41, 5.74) is 13.1. The molecule has 4 rings (SSSR count). The molecule has 0 saturated heterocycles. The van der Waals surface area contributed by atoms with Gasteiger partial charge in [0, 0.05) is 5.39 Å². The number of nitrogen functional groups attached to an aromatic ring is 2. The maximum Gasteiger partial charge on any atom is 0.269 e. The Morgan fingerprint density at radius 2 is 2.11 bits per heavy atom. The zero-order valence-electron chi connectivity index (χ0n) is 14.6. The van der Waals surface area contributed by atoms with Crippen molar-refractivity contribution in [2.75, 3.05) is 23.4 Å². The monoisotopic (exact) mass is 410 g/mol. The standard InChI is InChI=1S/C18H14N6O2S2/c1-2-26-9-3-4-11-12(6-9)27-18(22-11)24-16(25)14-13(20)10-5-8(7-19)15(21)23-17(10)28-14/h3-6H,2,20H2,1H3,(H2,21,23)(H,22,24,25). The number of rotatable bonds is 4. The lowest BCUT2D eigenvalue weighted by molar-refractivity contribution is 0.103. The van der Waals surface area contributed by atoms with Crippen molar-refractivity contribution >= 4 is 65.7 Å². The Kier molecular flexibility index (Phi) is 4.46. The Morgan fingerprint density at radius 3 is 2.86 bits per heavy atom. The SMILES string of the molecule is CCOc1ccc2nc(NC(=O)c3sc4nc(N)c(C#N)cc4c3N)sc2c1. The fourth-order valence-electron chi connectivity index (χ4n) is 2.68. The maximum atomic E-state index is 12.7. The molecule has 140 valence electrons. The smallest absolute Gasteiger partial charge is 0.269 e. The third kappa shape index (κ3) is 3.06. The van der Waals surface area contributed by atoms with Crippen molar-refractivity contribution in [1.82, 2.24) is 9.97 Å². The van der Waals surface area contributed by atoms with Gasteiger partial charge in [0.1, 0.15) is 27.3 Å². The van der Waals surface area contributed by atoms with Gasteiger partial charge in [0.25, 0.3) is 5.91 Å². The van der Waals surface area contributed by atoms with Crippen molar-refractivity contribution in [3.05, 3.63) is 34.7 Å². The van der Waals surface area contributed by atoms with E-state index in [9.17, 15) is 4.79 Å². The van der Waals surface area contributed by atoms with Crippen LogP contribution in [0.15, 0.2) is 24.3 Å². The number of thiazole rings is 1. The van der Waals surface area contributed by atoms with Crippen LogP contribution in [0.2, 0.25) is 0 Å². The number of nitrogens with zero attached hydrogens (tertiary/aromatic N) is 3. The lowest BCUT2D eigenvalue weighted by atomic mass is 10.2.